The summed E-state index contributed by atoms with van der Waals surface area (Å²) in [5.41, 5.74) is 0.209. The van der Waals surface area contributed by atoms with Crippen LogP contribution >= 0.6 is 0 Å². The SMILES string of the molecule is CCCCNC(=O)c1ccnc(Nc2ccc(F)cc2F)n1. The smallest absolute Gasteiger partial charge is 0.270 e. The predicted octanol–water partition coefficient (Wildman–Crippen LogP) is 3.03. The summed E-state index contributed by atoms with van der Waals surface area (Å²) in [5.74, 6) is -1.69. The average molecular weight is 306 g/mol. The molecule has 0 saturated carbocycles. The molecule has 1 heterocycles. The highest BCUT2D eigenvalue weighted by Crippen LogP contribution is 2.18. The van der Waals surface area contributed by atoms with Gasteiger partial charge in [-0.15, -0.1) is 0 Å². The Morgan fingerprint density at radius 3 is 2.82 bits per heavy atom. The van der Waals surface area contributed by atoms with Crippen LogP contribution in [-0.2, 0) is 0 Å². The van der Waals surface area contributed by atoms with Crippen LogP contribution in [0.25, 0.3) is 0 Å². The molecule has 0 unspecified atom stereocenters. The average Bonchev–Trinajstić information content (AvgIpc) is 2.50. The fraction of sp³-hybridized carbons (Fsp3) is 0.267. The Balaban J connectivity index is 2.09. The maximum Gasteiger partial charge on any atom is 0.270 e. The van der Waals surface area contributed by atoms with Gasteiger partial charge >= 0.3 is 0 Å². The second-order valence-electron chi connectivity index (χ2n) is 4.62. The number of carbonyl (C=O) groups is 1. The van der Waals surface area contributed by atoms with Gasteiger partial charge in [0.1, 0.15) is 17.3 Å². The molecule has 2 aromatic rings. The summed E-state index contributed by atoms with van der Waals surface area (Å²) in [6.07, 6.45) is 3.24. The highest BCUT2D eigenvalue weighted by atomic mass is 19.1. The molecule has 2 rings (SSSR count). The maximum atomic E-state index is 13.6. The third-order valence-corrected chi connectivity index (χ3v) is 2.88. The Bertz CT molecular complexity index is 664. The van der Waals surface area contributed by atoms with Crippen molar-refractivity contribution in [1.82, 2.24) is 15.3 Å². The molecule has 1 aromatic heterocycles. The number of hydrogen-bond acceptors (Lipinski definition) is 4. The van der Waals surface area contributed by atoms with Crippen molar-refractivity contribution in [2.24, 2.45) is 0 Å². The Labute approximate surface area is 126 Å². The summed E-state index contributed by atoms with van der Waals surface area (Å²) >= 11 is 0. The van der Waals surface area contributed by atoms with Crippen LogP contribution in [0.4, 0.5) is 20.4 Å². The first-order valence-electron chi connectivity index (χ1n) is 6.93. The number of amides is 1. The van der Waals surface area contributed by atoms with Crippen molar-refractivity contribution in [3.63, 3.8) is 0 Å². The van der Waals surface area contributed by atoms with Gasteiger partial charge < -0.3 is 10.6 Å². The number of carbonyl (C=O) groups excluding carboxylic acids is 1. The van der Waals surface area contributed by atoms with Crippen molar-refractivity contribution in [2.75, 3.05) is 11.9 Å². The Kier molecular flexibility index (Phi) is 5.35. The minimum Gasteiger partial charge on any atom is -0.351 e. The lowest BCUT2D eigenvalue weighted by atomic mass is 10.3. The molecular formula is C15H16F2N4O. The van der Waals surface area contributed by atoms with Crippen LogP contribution in [-0.4, -0.2) is 22.4 Å². The topological polar surface area (TPSA) is 66.9 Å². The Hall–Kier alpha value is -2.57. The molecule has 7 heteroatoms. The summed E-state index contributed by atoms with van der Waals surface area (Å²) in [4.78, 5) is 19.8. The lowest BCUT2D eigenvalue weighted by molar-refractivity contribution is 0.0948. The van der Waals surface area contributed by atoms with Gasteiger partial charge in [0.05, 0.1) is 5.69 Å². The first kappa shape index (κ1) is 15.8. The van der Waals surface area contributed by atoms with Crippen molar-refractivity contribution in [1.29, 1.82) is 0 Å². The van der Waals surface area contributed by atoms with Crippen molar-refractivity contribution >= 4 is 17.5 Å². The summed E-state index contributed by atoms with van der Waals surface area (Å²) in [6.45, 7) is 2.59. The summed E-state index contributed by atoms with van der Waals surface area (Å²) in [7, 11) is 0. The highest BCUT2D eigenvalue weighted by Gasteiger charge is 2.10. The van der Waals surface area contributed by atoms with Gasteiger partial charge in [0.25, 0.3) is 5.91 Å². The molecule has 0 fully saturated rings. The third kappa shape index (κ3) is 4.21. The molecule has 0 aliphatic carbocycles. The van der Waals surface area contributed by atoms with Crippen LogP contribution in [0.5, 0.6) is 0 Å². The number of hydrogen-bond donors (Lipinski definition) is 2. The molecule has 0 spiro atoms. The molecular weight excluding hydrogens is 290 g/mol. The van der Waals surface area contributed by atoms with Crippen molar-refractivity contribution in [2.45, 2.75) is 19.8 Å². The molecule has 22 heavy (non-hydrogen) atoms. The van der Waals surface area contributed by atoms with Gasteiger partial charge in [-0.1, -0.05) is 13.3 Å². The van der Waals surface area contributed by atoms with Crippen LogP contribution in [0, 0.1) is 11.6 Å². The van der Waals surface area contributed by atoms with Crippen LogP contribution in [0.2, 0.25) is 0 Å². The number of anilines is 2. The molecule has 0 radical (unpaired) electrons. The molecule has 0 atom stereocenters. The molecule has 1 aromatic carbocycles. The summed E-state index contributed by atoms with van der Waals surface area (Å²) in [6, 6.07) is 4.58. The van der Waals surface area contributed by atoms with E-state index in [0.29, 0.717) is 6.54 Å². The quantitative estimate of drug-likeness (QED) is 0.805. The van der Waals surface area contributed by atoms with E-state index in [1.54, 1.807) is 0 Å². The monoisotopic (exact) mass is 306 g/mol. The van der Waals surface area contributed by atoms with Crippen LogP contribution < -0.4 is 10.6 Å². The molecule has 1 amide bonds. The third-order valence-electron chi connectivity index (χ3n) is 2.88. The summed E-state index contributed by atoms with van der Waals surface area (Å²) < 4.78 is 26.4. The van der Waals surface area contributed by atoms with Crippen molar-refractivity contribution in [3.05, 3.63) is 47.8 Å². The van der Waals surface area contributed by atoms with Gasteiger partial charge in [-0.05, 0) is 24.6 Å². The van der Waals surface area contributed by atoms with Gasteiger partial charge in [0.2, 0.25) is 5.95 Å². The number of benzene rings is 1. The lowest BCUT2D eigenvalue weighted by Crippen LogP contribution is -2.25. The van der Waals surface area contributed by atoms with E-state index < -0.39 is 11.6 Å². The molecule has 0 bridgehead atoms. The molecule has 0 saturated heterocycles. The number of unbranched alkanes of at least 4 members (excludes halogenated alkanes) is 1. The minimum absolute atomic E-state index is 0.0324. The predicted molar refractivity (Wildman–Crippen MR) is 78.9 cm³/mol. The van der Waals surface area contributed by atoms with E-state index in [1.165, 1.54) is 18.3 Å². The molecule has 0 aliphatic heterocycles. The second-order valence-corrected chi connectivity index (χ2v) is 4.62. The Morgan fingerprint density at radius 2 is 2.09 bits per heavy atom. The Morgan fingerprint density at radius 1 is 1.27 bits per heavy atom. The van der Waals surface area contributed by atoms with E-state index in [0.717, 1.165) is 25.0 Å². The van der Waals surface area contributed by atoms with Gasteiger partial charge in [-0.25, -0.2) is 18.7 Å². The van der Waals surface area contributed by atoms with E-state index in [1.807, 2.05) is 6.92 Å². The number of aromatic nitrogens is 2. The van der Waals surface area contributed by atoms with Crippen molar-refractivity contribution < 1.29 is 13.6 Å². The largest absolute Gasteiger partial charge is 0.351 e. The summed E-state index contributed by atoms with van der Waals surface area (Å²) in [5, 5.41) is 5.35. The van der Waals surface area contributed by atoms with Gasteiger partial charge in [0, 0.05) is 18.8 Å². The first-order valence-corrected chi connectivity index (χ1v) is 6.93. The number of nitrogens with one attached hydrogen (secondary N) is 2. The fourth-order valence-corrected chi connectivity index (χ4v) is 1.73. The van der Waals surface area contributed by atoms with Crippen molar-refractivity contribution in [3.8, 4) is 0 Å². The second kappa shape index (κ2) is 7.44. The molecule has 116 valence electrons. The van der Waals surface area contributed by atoms with Crippen LogP contribution in [0.1, 0.15) is 30.3 Å². The maximum absolute atomic E-state index is 13.6. The zero-order chi connectivity index (χ0) is 15.9. The van der Waals surface area contributed by atoms with E-state index in [9.17, 15) is 13.6 Å². The lowest BCUT2D eigenvalue weighted by Gasteiger charge is -2.08. The van der Waals surface area contributed by atoms with E-state index in [-0.39, 0.29) is 23.2 Å². The molecule has 2 N–H and O–H groups in total. The highest BCUT2D eigenvalue weighted by molar-refractivity contribution is 5.92. The number of nitrogens with zero attached hydrogens (tertiary/aromatic N) is 2. The van der Waals surface area contributed by atoms with E-state index in [2.05, 4.69) is 20.6 Å². The van der Waals surface area contributed by atoms with Gasteiger partial charge in [0.15, 0.2) is 0 Å². The van der Waals surface area contributed by atoms with Gasteiger partial charge in [-0.2, -0.15) is 0 Å². The molecule has 0 aliphatic rings. The zero-order valence-corrected chi connectivity index (χ0v) is 12.1. The van der Waals surface area contributed by atoms with E-state index >= 15 is 0 Å². The molecule has 5 nitrogen and oxygen atoms in total. The van der Waals surface area contributed by atoms with Crippen LogP contribution in [0.15, 0.2) is 30.5 Å². The minimum atomic E-state index is -0.763. The number of rotatable bonds is 6. The van der Waals surface area contributed by atoms with Crippen LogP contribution in [0.3, 0.4) is 0 Å². The fourth-order valence-electron chi connectivity index (χ4n) is 1.73. The normalized spacial score (nSPS) is 10.3. The zero-order valence-electron chi connectivity index (χ0n) is 12.1. The van der Waals surface area contributed by atoms with E-state index in [4.69, 9.17) is 0 Å². The number of halogens is 2. The standard InChI is InChI=1S/C15H16F2N4O/c1-2-3-7-18-14(22)13-6-8-19-15(21-13)20-12-5-4-10(16)9-11(12)17/h4-6,8-9H,2-3,7H2,1H3,(H,18,22)(H,19,20,21). The first-order chi connectivity index (χ1) is 10.6. The van der Waals surface area contributed by atoms with Gasteiger partial charge in [-0.3, -0.25) is 4.79 Å².